The molecule has 1 fully saturated rings. The summed E-state index contributed by atoms with van der Waals surface area (Å²) in [7, 11) is 1.25. The summed E-state index contributed by atoms with van der Waals surface area (Å²) in [5, 5.41) is 26.4. The van der Waals surface area contributed by atoms with Gasteiger partial charge in [-0.05, 0) is 40.3 Å². The molecule has 0 spiro atoms. The molecule has 0 unspecified atom stereocenters. The van der Waals surface area contributed by atoms with E-state index in [1.165, 1.54) is 19.2 Å². The summed E-state index contributed by atoms with van der Waals surface area (Å²) in [4.78, 5) is 54.6. The highest BCUT2D eigenvalue weighted by Crippen LogP contribution is 2.38. The van der Waals surface area contributed by atoms with E-state index in [-0.39, 0.29) is 30.5 Å². The molecule has 39 heavy (non-hydrogen) atoms. The molecule has 0 saturated heterocycles. The number of nitrogens with zero attached hydrogens (tertiary/aromatic N) is 2. The summed E-state index contributed by atoms with van der Waals surface area (Å²) in [6.07, 6.45) is 2.33. The van der Waals surface area contributed by atoms with E-state index in [2.05, 4.69) is 5.16 Å². The van der Waals surface area contributed by atoms with Crippen molar-refractivity contribution in [2.45, 2.75) is 51.6 Å². The zero-order chi connectivity index (χ0) is 28.7. The van der Waals surface area contributed by atoms with Gasteiger partial charge in [-0.3, -0.25) is 19.2 Å². The van der Waals surface area contributed by atoms with Crippen LogP contribution in [0.2, 0.25) is 0 Å². The lowest BCUT2D eigenvalue weighted by atomic mass is 9.78. The molecule has 2 atom stereocenters. The largest absolute Gasteiger partial charge is 0.508 e. The van der Waals surface area contributed by atoms with Gasteiger partial charge in [-0.25, -0.2) is 0 Å². The molecule has 204 valence electrons. The van der Waals surface area contributed by atoms with Crippen molar-refractivity contribution in [3.05, 3.63) is 71.5 Å². The number of nitrogens with two attached hydrogens (primary N) is 1. The predicted molar refractivity (Wildman–Crippen MR) is 146 cm³/mol. The van der Waals surface area contributed by atoms with Gasteiger partial charge in [-0.2, -0.15) is 0 Å². The number of hydrogen-bond donors (Lipinski definition) is 3. The van der Waals surface area contributed by atoms with E-state index in [1.54, 1.807) is 20.8 Å². The summed E-state index contributed by atoms with van der Waals surface area (Å²) in [6.45, 7) is 5.23. The summed E-state index contributed by atoms with van der Waals surface area (Å²) < 4.78 is 0. The molecule has 2 aliphatic carbocycles. The second-order valence-corrected chi connectivity index (χ2v) is 11.2. The average Bonchev–Trinajstić information content (AvgIpc) is 3.21. The van der Waals surface area contributed by atoms with Crippen LogP contribution >= 0.6 is 0 Å². The molecule has 0 aromatic heterocycles. The first kappa shape index (κ1) is 27.9. The lowest BCUT2D eigenvalue weighted by Gasteiger charge is -2.39. The van der Waals surface area contributed by atoms with E-state index in [1.807, 2.05) is 42.5 Å². The number of oxime groups is 1. The Morgan fingerprint density at radius 2 is 1.69 bits per heavy atom. The number of Topliss-reactive ketones (excluding diaryl/α,β-unsaturated/α-hetero) is 3. The van der Waals surface area contributed by atoms with Crippen LogP contribution in [0.25, 0.3) is 10.8 Å². The SMILES string of the molecule is CN(C(=O)[C@H](N)C(C)(C)C)C1(C(O)=C2C=CC(=NO)[C@H](Cc3ccc4ccccc4c3)C2=O)C(=O)CCC1=O. The molecule has 2 aromatic carbocycles. The molecular weight excluding hydrogens is 498 g/mol. The third-order valence-corrected chi connectivity index (χ3v) is 7.75. The van der Waals surface area contributed by atoms with Crippen molar-refractivity contribution in [2.24, 2.45) is 22.2 Å². The van der Waals surface area contributed by atoms with Gasteiger partial charge in [-0.15, -0.1) is 0 Å². The number of rotatable bonds is 5. The molecule has 4 rings (SSSR count). The molecule has 0 aliphatic heterocycles. The maximum atomic E-state index is 13.8. The molecule has 2 aromatic rings. The van der Waals surface area contributed by atoms with Crippen molar-refractivity contribution in [3.63, 3.8) is 0 Å². The number of aliphatic hydroxyl groups excluding tert-OH is 1. The van der Waals surface area contributed by atoms with Gasteiger partial charge < -0.3 is 20.9 Å². The van der Waals surface area contributed by atoms with Gasteiger partial charge in [-0.1, -0.05) is 68.4 Å². The number of hydrogen-bond acceptors (Lipinski definition) is 8. The number of carbonyl (C=O) groups excluding carboxylic acids is 4. The molecule has 1 saturated carbocycles. The third-order valence-electron chi connectivity index (χ3n) is 7.75. The first-order valence-corrected chi connectivity index (χ1v) is 12.8. The van der Waals surface area contributed by atoms with E-state index < -0.39 is 51.9 Å². The van der Waals surface area contributed by atoms with Crippen molar-refractivity contribution >= 4 is 39.7 Å². The maximum absolute atomic E-state index is 13.8. The Morgan fingerprint density at radius 1 is 1.08 bits per heavy atom. The quantitative estimate of drug-likeness (QED) is 0.176. The fourth-order valence-corrected chi connectivity index (χ4v) is 5.27. The minimum Gasteiger partial charge on any atom is -0.508 e. The normalized spacial score (nSPS) is 22.4. The average molecular weight is 532 g/mol. The Labute approximate surface area is 226 Å². The lowest BCUT2D eigenvalue weighted by Crippen LogP contribution is -2.63. The number of likely N-dealkylation sites (N-methyl/N-ethyl adjacent to an activating group) is 1. The van der Waals surface area contributed by atoms with Gasteiger partial charge in [0.25, 0.3) is 0 Å². The molecule has 0 bridgehead atoms. The van der Waals surface area contributed by atoms with Crippen LogP contribution in [0.5, 0.6) is 0 Å². The third kappa shape index (κ3) is 4.67. The molecule has 1 amide bonds. The van der Waals surface area contributed by atoms with E-state index in [0.29, 0.717) is 0 Å². The van der Waals surface area contributed by atoms with Crippen LogP contribution in [0, 0.1) is 11.3 Å². The van der Waals surface area contributed by atoms with E-state index >= 15 is 0 Å². The van der Waals surface area contributed by atoms with Crippen molar-refractivity contribution in [3.8, 4) is 0 Å². The highest BCUT2D eigenvalue weighted by Gasteiger charge is 2.60. The monoisotopic (exact) mass is 531 g/mol. The molecular formula is C30H33N3O6. The van der Waals surface area contributed by atoms with Crippen molar-refractivity contribution < 1.29 is 29.5 Å². The topological polar surface area (TPSA) is 150 Å². The molecule has 9 nitrogen and oxygen atoms in total. The van der Waals surface area contributed by atoms with E-state index in [9.17, 15) is 29.5 Å². The molecule has 0 heterocycles. The second-order valence-electron chi connectivity index (χ2n) is 11.2. The highest BCUT2D eigenvalue weighted by molar-refractivity contribution is 6.25. The Bertz CT molecular complexity index is 1450. The van der Waals surface area contributed by atoms with Crippen LogP contribution in [0.3, 0.4) is 0 Å². The Hall–Kier alpha value is -4.11. The zero-order valence-electron chi connectivity index (χ0n) is 22.5. The summed E-state index contributed by atoms with van der Waals surface area (Å²) in [5.74, 6) is -4.54. The Kier molecular flexibility index (Phi) is 7.32. The van der Waals surface area contributed by atoms with Gasteiger partial charge in [0.15, 0.2) is 17.3 Å². The van der Waals surface area contributed by atoms with Crippen LogP contribution < -0.4 is 5.73 Å². The zero-order valence-corrected chi connectivity index (χ0v) is 22.5. The van der Waals surface area contributed by atoms with Crippen LogP contribution in [0.4, 0.5) is 0 Å². The van der Waals surface area contributed by atoms with Crippen LogP contribution in [0.15, 0.2) is 71.1 Å². The number of carbonyl (C=O) groups is 4. The first-order valence-electron chi connectivity index (χ1n) is 12.8. The summed E-state index contributed by atoms with van der Waals surface area (Å²) in [6, 6.07) is 12.3. The second kappa shape index (κ2) is 10.2. The Balaban J connectivity index is 1.79. The van der Waals surface area contributed by atoms with Gasteiger partial charge in [0.2, 0.25) is 11.4 Å². The number of fused-ring (bicyclic) bond motifs is 1. The fourth-order valence-electron chi connectivity index (χ4n) is 5.27. The van der Waals surface area contributed by atoms with Gasteiger partial charge in [0.1, 0.15) is 5.76 Å². The van der Waals surface area contributed by atoms with Crippen LogP contribution in [0.1, 0.15) is 39.2 Å². The standard InChI is InChI=1S/C30H33N3O6/c1-29(2,3)26(31)28(38)33(4)30(23(34)13-14-24(30)35)27(37)20-11-12-22(32-39)21(25(20)36)16-17-9-10-18-7-5-6-8-19(18)15-17/h5-12,15,21,26,37,39H,13-14,16,31H2,1-4H3/t21-,26-/m0/s1. The van der Waals surface area contributed by atoms with E-state index in [0.717, 1.165) is 21.2 Å². The number of allylic oxidation sites excluding steroid dienone is 3. The van der Waals surface area contributed by atoms with E-state index in [4.69, 9.17) is 5.73 Å². The fraction of sp³-hybridized carbons (Fsp3) is 0.367. The van der Waals surface area contributed by atoms with Crippen molar-refractivity contribution in [1.82, 2.24) is 4.90 Å². The first-order chi connectivity index (χ1) is 18.3. The number of amides is 1. The van der Waals surface area contributed by atoms with Crippen molar-refractivity contribution in [2.75, 3.05) is 7.05 Å². The highest BCUT2D eigenvalue weighted by atomic mass is 16.4. The van der Waals surface area contributed by atoms with Gasteiger partial charge in [0, 0.05) is 19.9 Å². The molecule has 0 radical (unpaired) electrons. The number of ketones is 3. The summed E-state index contributed by atoms with van der Waals surface area (Å²) >= 11 is 0. The summed E-state index contributed by atoms with van der Waals surface area (Å²) in [5.41, 5.74) is 3.67. The smallest absolute Gasteiger partial charge is 0.241 e. The minimum atomic E-state index is -2.36. The lowest BCUT2D eigenvalue weighted by molar-refractivity contribution is -0.150. The number of benzene rings is 2. The van der Waals surface area contributed by atoms with Gasteiger partial charge in [0.05, 0.1) is 23.2 Å². The Morgan fingerprint density at radius 3 is 2.28 bits per heavy atom. The molecule has 4 N–H and O–H groups in total. The van der Waals surface area contributed by atoms with Crippen LogP contribution in [-0.2, 0) is 25.6 Å². The molecule has 2 aliphatic rings. The predicted octanol–water partition coefficient (Wildman–Crippen LogP) is 3.28. The van der Waals surface area contributed by atoms with Crippen molar-refractivity contribution in [1.29, 1.82) is 0 Å². The van der Waals surface area contributed by atoms with Gasteiger partial charge >= 0.3 is 0 Å². The number of aliphatic hydroxyl groups is 1. The maximum Gasteiger partial charge on any atom is 0.241 e. The van der Waals surface area contributed by atoms with Crippen LogP contribution in [-0.4, -0.2) is 62.8 Å². The molecule has 9 heteroatoms. The minimum absolute atomic E-state index is 0.0713.